The molecule has 1 aromatic carbocycles. The Balaban J connectivity index is 1.67. The molecule has 148 valence electrons. The molecule has 8 heteroatoms. The van der Waals surface area contributed by atoms with Crippen molar-refractivity contribution in [1.82, 2.24) is 9.62 Å². The second-order valence-corrected chi connectivity index (χ2v) is 9.61. The topological polar surface area (TPSA) is 95.6 Å². The van der Waals surface area contributed by atoms with Gasteiger partial charge in [-0.3, -0.25) is 9.59 Å². The Morgan fingerprint density at radius 2 is 2.00 bits per heavy atom. The normalized spacial score (nSPS) is 22.9. The highest BCUT2D eigenvalue weighted by molar-refractivity contribution is 7.89. The SMILES string of the molecule is C[C@@H]1CCCC[C@@H]1NC(=O)CN(C)S(=O)(=O)c1ccc2c(c1)CCC(=O)N2. The summed E-state index contributed by atoms with van der Waals surface area (Å²) in [5, 5.41) is 5.72. The Morgan fingerprint density at radius 1 is 1.26 bits per heavy atom. The van der Waals surface area contributed by atoms with E-state index in [1.807, 2.05) is 0 Å². The fourth-order valence-corrected chi connectivity index (χ4v) is 4.95. The predicted molar refractivity (Wildman–Crippen MR) is 103 cm³/mol. The van der Waals surface area contributed by atoms with Crippen LogP contribution in [0, 0.1) is 5.92 Å². The van der Waals surface area contributed by atoms with Gasteiger partial charge in [0.05, 0.1) is 11.4 Å². The van der Waals surface area contributed by atoms with Crippen molar-refractivity contribution >= 4 is 27.5 Å². The summed E-state index contributed by atoms with van der Waals surface area (Å²) in [5.74, 6) is 0.0781. The number of amides is 2. The molecule has 2 aliphatic rings. The van der Waals surface area contributed by atoms with Crippen molar-refractivity contribution in [3.8, 4) is 0 Å². The van der Waals surface area contributed by atoms with Crippen LogP contribution in [0.15, 0.2) is 23.1 Å². The van der Waals surface area contributed by atoms with E-state index in [9.17, 15) is 18.0 Å². The first kappa shape index (κ1) is 19.8. The van der Waals surface area contributed by atoms with Crippen LogP contribution in [-0.4, -0.2) is 44.2 Å². The summed E-state index contributed by atoms with van der Waals surface area (Å²) in [6, 6.07) is 4.78. The third-order valence-corrected chi connectivity index (χ3v) is 7.30. The van der Waals surface area contributed by atoms with Gasteiger partial charge in [-0.1, -0.05) is 19.8 Å². The molecule has 27 heavy (non-hydrogen) atoms. The number of nitrogens with one attached hydrogen (secondary N) is 2. The van der Waals surface area contributed by atoms with E-state index in [0.717, 1.165) is 29.1 Å². The minimum absolute atomic E-state index is 0.0659. The van der Waals surface area contributed by atoms with E-state index >= 15 is 0 Å². The number of hydrogen-bond acceptors (Lipinski definition) is 4. The number of carbonyl (C=O) groups excluding carboxylic acids is 2. The van der Waals surface area contributed by atoms with E-state index in [-0.39, 0.29) is 29.3 Å². The largest absolute Gasteiger partial charge is 0.352 e. The molecule has 0 radical (unpaired) electrons. The molecule has 1 aliphatic carbocycles. The van der Waals surface area contributed by atoms with Crippen molar-refractivity contribution in [2.24, 2.45) is 5.92 Å². The van der Waals surface area contributed by atoms with E-state index in [1.165, 1.54) is 19.5 Å². The number of fused-ring (bicyclic) bond motifs is 1. The van der Waals surface area contributed by atoms with Gasteiger partial charge in [-0.15, -0.1) is 0 Å². The molecule has 0 bridgehead atoms. The van der Waals surface area contributed by atoms with Crippen molar-refractivity contribution < 1.29 is 18.0 Å². The predicted octanol–water partition coefficient (Wildman–Crippen LogP) is 1.89. The van der Waals surface area contributed by atoms with Gasteiger partial charge in [0.25, 0.3) is 0 Å². The van der Waals surface area contributed by atoms with Crippen molar-refractivity contribution in [2.45, 2.75) is 56.4 Å². The van der Waals surface area contributed by atoms with Gasteiger partial charge < -0.3 is 10.6 Å². The Hall–Kier alpha value is -1.93. The number of anilines is 1. The summed E-state index contributed by atoms with van der Waals surface area (Å²) in [6.45, 7) is 1.91. The highest BCUT2D eigenvalue weighted by Gasteiger charge is 2.27. The Morgan fingerprint density at radius 3 is 2.74 bits per heavy atom. The zero-order valence-electron chi connectivity index (χ0n) is 15.8. The van der Waals surface area contributed by atoms with Crippen LogP contribution in [0.4, 0.5) is 5.69 Å². The lowest BCUT2D eigenvalue weighted by molar-refractivity contribution is -0.122. The Bertz CT molecular complexity index is 837. The molecule has 0 aromatic heterocycles. The van der Waals surface area contributed by atoms with Crippen molar-refractivity contribution in [3.63, 3.8) is 0 Å². The summed E-state index contributed by atoms with van der Waals surface area (Å²) in [7, 11) is -2.36. The molecule has 1 aliphatic heterocycles. The van der Waals surface area contributed by atoms with Crippen LogP contribution in [0.1, 0.15) is 44.6 Å². The number of nitrogens with zero attached hydrogens (tertiary/aromatic N) is 1. The van der Waals surface area contributed by atoms with Crippen LogP contribution in [0.5, 0.6) is 0 Å². The number of benzene rings is 1. The molecule has 2 atom stereocenters. The maximum atomic E-state index is 12.8. The van der Waals surface area contributed by atoms with E-state index in [2.05, 4.69) is 17.6 Å². The minimum atomic E-state index is -3.78. The number of carbonyl (C=O) groups is 2. The van der Waals surface area contributed by atoms with E-state index < -0.39 is 10.0 Å². The zero-order chi connectivity index (χ0) is 19.6. The summed E-state index contributed by atoms with van der Waals surface area (Å²) < 4.78 is 26.7. The molecule has 2 N–H and O–H groups in total. The first-order valence-electron chi connectivity index (χ1n) is 9.46. The first-order chi connectivity index (χ1) is 12.8. The first-order valence-corrected chi connectivity index (χ1v) is 10.9. The second kappa shape index (κ2) is 7.98. The molecular formula is C19H27N3O4S. The van der Waals surface area contributed by atoms with E-state index in [0.29, 0.717) is 24.4 Å². The summed E-state index contributed by atoms with van der Waals surface area (Å²) in [4.78, 5) is 23.9. The second-order valence-electron chi connectivity index (χ2n) is 7.56. The van der Waals surface area contributed by atoms with Gasteiger partial charge in [-0.25, -0.2) is 8.42 Å². The van der Waals surface area contributed by atoms with Gasteiger partial charge in [-0.2, -0.15) is 4.31 Å². The zero-order valence-corrected chi connectivity index (χ0v) is 16.6. The standard InChI is InChI=1S/C19H27N3O4S/c1-13-5-3-4-6-16(13)20-19(24)12-22(2)27(25,26)15-8-9-17-14(11-15)7-10-18(23)21-17/h8-9,11,13,16H,3-7,10,12H2,1-2H3,(H,20,24)(H,21,23)/t13-,16+/m1/s1. The van der Waals surface area contributed by atoms with Gasteiger partial charge in [-0.05, 0) is 48.9 Å². The average molecular weight is 394 g/mol. The van der Waals surface area contributed by atoms with Crippen LogP contribution < -0.4 is 10.6 Å². The quantitative estimate of drug-likeness (QED) is 0.798. The third kappa shape index (κ3) is 4.50. The number of likely N-dealkylation sites (N-methyl/N-ethyl adjacent to an activating group) is 1. The lowest BCUT2D eigenvalue weighted by atomic mass is 9.86. The van der Waals surface area contributed by atoms with Crippen molar-refractivity contribution in [2.75, 3.05) is 18.9 Å². The fraction of sp³-hybridized carbons (Fsp3) is 0.579. The third-order valence-electron chi connectivity index (χ3n) is 5.50. The monoisotopic (exact) mass is 393 g/mol. The summed E-state index contributed by atoms with van der Waals surface area (Å²) in [6.07, 6.45) is 5.16. The van der Waals surface area contributed by atoms with Crippen molar-refractivity contribution in [3.05, 3.63) is 23.8 Å². The molecule has 0 saturated heterocycles. The number of rotatable bonds is 5. The molecule has 1 aromatic rings. The summed E-state index contributed by atoms with van der Waals surface area (Å²) in [5.41, 5.74) is 1.45. The molecular weight excluding hydrogens is 366 g/mol. The van der Waals surface area contributed by atoms with Gasteiger partial charge in [0.1, 0.15) is 0 Å². The number of sulfonamides is 1. The average Bonchev–Trinajstić information content (AvgIpc) is 2.63. The van der Waals surface area contributed by atoms with Gasteiger partial charge in [0, 0.05) is 25.2 Å². The number of hydrogen-bond donors (Lipinski definition) is 2. The minimum Gasteiger partial charge on any atom is -0.352 e. The lowest BCUT2D eigenvalue weighted by Gasteiger charge is -2.30. The lowest BCUT2D eigenvalue weighted by Crippen LogP contribution is -2.46. The van der Waals surface area contributed by atoms with Gasteiger partial charge >= 0.3 is 0 Å². The molecule has 0 spiro atoms. The van der Waals surface area contributed by atoms with Crippen LogP contribution >= 0.6 is 0 Å². The molecule has 2 amide bonds. The molecule has 0 unspecified atom stereocenters. The maximum absolute atomic E-state index is 12.8. The molecule has 3 rings (SSSR count). The molecule has 7 nitrogen and oxygen atoms in total. The van der Waals surface area contributed by atoms with Crippen LogP contribution in [0.2, 0.25) is 0 Å². The van der Waals surface area contributed by atoms with Gasteiger partial charge in [0.15, 0.2) is 0 Å². The van der Waals surface area contributed by atoms with E-state index in [1.54, 1.807) is 12.1 Å². The number of aryl methyl sites for hydroxylation is 1. The van der Waals surface area contributed by atoms with Crippen LogP contribution in [0.25, 0.3) is 0 Å². The Labute approximate surface area is 160 Å². The maximum Gasteiger partial charge on any atom is 0.243 e. The van der Waals surface area contributed by atoms with Gasteiger partial charge in [0.2, 0.25) is 21.8 Å². The molecule has 1 fully saturated rings. The summed E-state index contributed by atoms with van der Waals surface area (Å²) >= 11 is 0. The highest BCUT2D eigenvalue weighted by atomic mass is 32.2. The highest BCUT2D eigenvalue weighted by Crippen LogP contribution is 2.27. The van der Waals surface area contributed by atoms with Crippen molar-refractivity contribution in [1.29, 1.82) is 0 Å². The van der Waals surface area contributed by atoms with E-state index in [4.69, 9.17) is 0 Å². The van der Waals surface area contributed by atoms with Crippen LogP contribution in [-0.2, 0) is 26.0 Å². The molecule has 1 heterocycles. The fourth-order valence-electron chi connectivity index (χ4n) is 3.77. The molecule has 1 saturated carbocycles. The smallest absolute Gasteiger partial charge is 0.243 e. The Kier molecular flexibility index (Phi) is 5.86. The van der Waals surface area contributed by atoms with Crippen LogP contribution in [0.3, 0.4) is 0 Å².